The van der Waals surface area contributed by atoms with Gasteiger partial charge in [0.2, 0.25) is 0 Å². The summed E-state index contributed by atoms with van der Waals surface area (Å²) in [6.45, 7) is 2.49. The molecule has 2 heterocycles. The normalized spacial score (nSPS) is 13.9. The molecule has 0 unspecified atom stereocenters. The van der Waals surface area contributed by atoms with E-state index < -0.39 is 0 Å². The number of likely N-dealkylation sites (tertiary alicyclic amines) is 1. The van der Waals surface area contributed by atoms with Crippen LogP contribution >= 0.6 is 11.6 Å². The minimum atomic E-state index is -0.126. The summed E-state index contributed by atoms with van der Waals surface area (Å²) in [6.07, 6.45) is 4.81. The first-order chi connectivity index (χ1) is 13.1. The molecule has 1 aromatic heterocycles. The highest BCUT2D eigenvalue weighted by molar-refractivity contribution is 6.33. The summed E-state index contributed by atoms with van der Waals surface area (Å²) < 4.78 is 0. The van der Waals surface area contributed by atoms with Crippen LogP contribution in [0, 0.1) is 0 Å². The molecule has 1 aliphatic rings. The van der Waals surface area contributed by atoms with E-state index in [1.165, 1.54) is 6.42 Å². The van der Waals surface area contributed by atoms with Gasteiger partial charge in [0.25, 0.3) is 11.8 Å². The molecule has 1 fully saturated rings. The lowest BCUT2D eigenvalue weighted by atomic mass is 10.1. The third-order valence-electron chi connectivity index (χ3n) is 4.47. The Hall–Kier alpha value is -2.60. The van der Waals surface area contributed by atoms with Crippen LogP contribution in [-0.2, 0) is 0 Å². The summed E-state index contributed by atoms with van der Waals surface area (Å²) in [7, 11) is 0. The van der Waals surface area contributed by atoms with Crippen molar-refractivity contribution in [3.8, 4) is 0 Å². The van der Waals surface area contributed by atoms with Gasteiger partial charge in [0.05, 0.1) is 10.6 Å². The molecule has 0 aliphatic carbocycles. The summed E-state index contributed by atoms with van der Waals surface area (Å²) in [5, 5.41) is 6.31. The van der Waals surface area contributed by atoms with Crippen molar-refractivity contribution in [2.75, 3.05) is 31.5 Å². The number of rotatable bonds is 6. The molecule has 1 saturated heterocycles. The lowest BCUT2D eigenvalue weighted by Crippen LogP contribution is -2.35. The molecule has 3 rings (SSSR count). The second kappa shape index (κ2) is 9.37. The van der Waals surface area contributed by atoms with Crippen molar-refractivity contribution in [3.63, 3.8) is 0 Å². The van der Waals surface area contributed by atoms with Crippen LogP contribution in [-0.4, -0.2) is 47.9 Å². The van der Waals surface area contributed by atoms with Gasteiger partial charge in [-0.1, -0.05) is 29.8 Å². The van der Waals surface area contributed by atoms with E-state index in [-0.39, 0.29) is 11.8 Å². The molecule has 0 atom stereocenters. The number of nitrogens with one attached hydrogen (secondary N) is 2. The molecule has 0 saturated carbocycles. The quantitative estimate of drug-likeness (QED) is 0.747. The molecule has 0 radical (unpaired) electrons. The maximum Gasteiger partial charge on any atom is 0.255 e. The zero-order valence-electron chi connectivity index (χ0n) is 15.1. The number of anilines is 1. The second-order valence-corrected chi connectivity index (χ2v) is 6.86. The van der Waals surface area contributed by atoms with Crippen molar-refractivity contribution >= 4 is 29.2 Å². The van der Waals surface area contributed by atoms with Gasteiger partial charge in [-0.05, 0) is 37.5 Å². The number of carbonyl (C=O) groups is 2. The molecule has 0 bridgehead atoms. The minimum absolute atomic E-state index is 0.0224. The smallest absolute Gasteiger partial charge is 0.255 e. The van der Waals surface area contributed by atoms with Gasteiger partial charge < -0.3 is 15.5 Å². The number of halogens is 1. The Kier molecular flexibility index (Phi) is 6.65. The van der Waals surface area contributed by atoms with Crippen molar-refractivity contribution in [3.05, 3.63) is 58.7 Å². The lowest BCUT2D eigenvalue weighted by Gasteiger charge is -2.26. The highest BCUT2D eigenvalue weighted by Crippen LogP contribution is 2.21. The molecule has 1 aliphatic heterocycles. The van der Waals surface area contributed by atoms with Crippen LogP contribution in [0.2, 0.25) is 5.02 Å². The number of pyridine rings is 1. The van der Waals surface area contributed by atoms with Crippen molar-refractivity contribution < 1.29 is 9.59 Å². The average Bonchev–Trinajstić information content (AvgIpc) is 2.72. The third-order valence-corrected chi connectivity index (χ3v) is 4.76. The Morgan fingerprint density at radius 2 is 1.78 bits per heavy atom. The minimum Gasteiger partial charge on any atom is -0.367 e. The van der Waals surface area contributed by atoms with Crippen LogP contribution in [0.4, 0.5) is 5.82 Å². The molecule has 6 nitrogen and oxygen atoms in total. The standard InChI is InChI=1S/C20H23ClN4O2/c21-17-13-16(20(27)25-11-5-2-6-12-25)14-24-18(17)22-9-10-23-19(26)15-7-3-1-4-8-15/h1,3-4,7-8,13-14H,2,5-6,9-12H2,(H,22,24)(H,23,26). The highest BCUT2D eigenvalue weighted by atomic mass is 35.5. The molecule has 2 N–H and O–H groups in total. The SMILES string of the molecule is O=C(NCCNc1ncc(C(=O)N2CCCCC2)cc1Cl)c1ccccc1. The van der Waals surface area contributed by atoms with Gasteiger partial charge in [0, 0.05) is 37.9 Å². The van der Waals surface area contributed by atoms with Crippen LogP contribution in [0.5, 0.6) is 0 Å². The number of benzene rings is 1. The van der Waals surface area contributed by atoms with Crippen molar-refractivity contribution in [1.29, 1.82) is 0 Å². The fraction of sp³-hybridized carbons (Fsp3) is 0.350. The van der Waals surface area contributed by atoms with Gasteiger partial charge in [-0.25, -0.2) is 4.98 Å². The fourth-order valence-corrected chi connectivity index (χ4v) is 3.25. The molecule has 7 heteroatoms. The second-order valence-electron chi connectivity index (χ2n) is 6.46. The fourth-order valence-electron chi connectivity index (χ4n) is 3.01. The topological polar surface area (TPSA) is 74.3 Å². The number of hydrogen-bond donors (Lipinski definition) is 2. The molecular weight excluding hydrogens is 364 g/mol. The summed E-state index contributed by atoms with van der Waals surface area (Å²) in [4.78, 5) is 30.6. The Morgan fingerprint density at radius 1 is 1.04 bits per heavy atom. The first-order valence-corrected chi connectivity index (χ1v) is 9.55. The number of amides is 2. The lowest BCUT2D eigenvalue weighted by molar-refractivity contribution is 0.0723. The summed E-state index contributed by atoms with van der Waals surface area (Å²) in [6, 6.07) is 10.7. The predicted octanol–water partition coefficient (Wildman–Crippen LogP) is 3.20. The van der Waals surface area contributed by atoms with Gasteiger partial charge in [-0.3, -0.25) is 9.59 Å². The average molecular weight is 387 g/mol. The number of aromatic nitrogens is 1. The van der Waals surface area contributed by atoms with Gasteiger partial charge >= 0.3 is 0 Å². The zero-order chi connectivity index (χ0) is 19.1. The number of hydrogen-bond acceptors (Lipinski definition) is 4. The van der Waals surface area contributed by atoms with Crippen molar-refractivity contribution in [2.45, 2.75) is 19.3 Å². The Balaban J connectivity index is 1.49. The number of piperidine rings is 1. The molecule has 27 heavy (non-hydrogen) atoms. The summed E-state index contributed by atoms with van der Waals surface area (Å²) >= 11 is 6.27. The van der Waals surface area contributed by atoms with E-state index in [0.717, 1.165) is 25.9 Å². The molecule has 0 spiro atoms. The van der Waals surface area contributed by atoms with Gasteiger partial charge in [-0.2, -0.15) is 0 Å². The summed E-state index contributed by atoms with van der Waals surface area (Å²) in [5.74, 6) is 0.352. The van der Waals surface area contributed by atoms with Crippen LogP contribution in [0.1, 0.15) is 40.0 Å². The Morgan fingerprint density at radius 3 is 2.48 bits per heavy atom. The Bertz CT molecular complexity index is 792. The van der Waals surface area contributed by atoms with E-state index >= 15 is 0 Å². The van der Waals surface area contributed by atoms with Crippen LogP contribution in [0.15, 0.2) is 42.6 Å². The largest absolute Gasteiger partial charge is 0.367 e. The van der Waals surface area contributed by atoms with Crippen LogP contribution in [0.3, 0.4) is 0 Å². The molecule has 2 aromatic rings. The maximum absolute atomic E-state index is 12.5. The molecular formula is C20H23ClN4O2. The zero-order valence-corrected chi connectivity index (χ0v) is 15.8. The highest BCUT2D eigenvalue weighted by Gasteiger charge is 2.19. The van der Waals surface area contributed by atoms with E-state index in [1.54, 1.807) is 24.4 Å². The monoisotopic (exact) mass is 386 g/mol. The molecule has 142 valence electrons. The van der Waals surface area contributed by atoms with E-state index in [2.05, 4.69) is 15.6 Å². The molecule has 2 amide bonds. The van der Waals surface area contributed by atoms with E-state index in [0.29, 0.717) is 35.1 Å². The predicted molar refractivity (Wildman–Crippen MR) is 106 cm³/mol. The van der Waals surface area contributed by atoms with Crippen LogP contribution in [0.25, 0.3) is 0 Å². The Labute approximate surface area is 163 Å². The van der Waals surface area contributed by atoms with Gasteiger partial charge in [0.15, 0.2) is 0 Å². The van der Waals surface area contributed by atoms with Crippen molar-refractivity contribution in [1.82, 2.24) is 15.2 Å². The third kappa shape index (κ3) is 5.20. The molecule has 1 aromatic carbocycles. The first kappa shape index (κ1) is 19.2. The van der Waals surface area contributed by atoms with Crippen molar-refractivity contribution in [2.24, 2.45) is 0 Å². The maximum atomic E-state index is 12.5. The van der Waals surface area contributed by atoms with Gasteiger partial charge in [-0.15, -0.1) is 0 Å². The first-order valence-electron chi connectivity index (χ1n) is 9.17. The summed E-state index contributed by atoms with van der Waals surface area (Å²) in [5.41, 5.74) is 1.12. The number of nitrogens with zero attached hydrogens (tertiary/aromatic N) is 2. The van der Waals surface area contributed by atoms with E-state index in [1.807, 2.05) is 23.1 Å². The van der Waals surface area contributed by atoms with E-state index in [4.69, 9.17) is 11.6 Å². The number of carbonyl (C=O) groups excluding carboxylic acids is 2. The van der Waals surface area contributed by atoms with E-state index in [9.17, 15) is 9.59 Å². The van der Waals surface area contributed by atoms with Crippen LogP contribution < -0.4 is 10.6 Å². The van der Waals surface area contributed by atoms with Gasteiger partial charge in [0.1, 0.15) is 5.82 Å².